The Balaban J connectivity index is 1.56. The minimum atomic E-state index is -1.19. The smallest absolute Gasteiger partial charge is 0.410 e. The Morgan fingerprint density at radius 3 is 2.45 bits per heavy atom. The van der Waals surface area contributed by atoms with Gasteiger partial charge in [0.1, 0.15) is 11.6 Å². The topological polar surface area (TPSA) is 161 Å². The zero-order valence-electron chi connectivity index (χ0n) is 18.9. The molecule has 0 radical (unpaired) electrons. The summed E-state index contributed by atoms with van der Waals surface area (Å²) < 4.78 is 10.9. The van der Waals surface area contributed by atoms with E-state index in [1.807, 2.05) is 20.8 Å². The lowest BCUT2D eigenvalue weighted by molar-refractivity contribution is -0.138. The third kappa shape index (κ3) is 6.51. The maximum Gasteiger partial charge on any atom is 0.410 e. The molecule has 3 rings (SSSR count). The molecule has 0 saturated carbocycles. The van der Waals surface area contributed by atoms with Crippen LogP contribution >= 0.6 is 0 Å². The van der Waals surface area contributed by atoms with Crippen molar-refractivity contribution in [1.82, 2.24) is 20.4 Å². The third-order valence-corrected chi connectivity index (χ3v) is 5.14. The summed E-state index contributed by atoms with van der Waals surface area (Å²) in [5.41, 5.74) is 5.89. The monoisotopic (exact) mass is 459 g/mol. The van der Waals surface area contributed by atoms with Crippen molar-refractivity contribution in [2.24, 2.45) is 5.73 Å². The van der Waals surface area contributed by atoms with Gasteiger partial charge in [0.2, 0.25) is 11.7 Å². The number of amides is 2. The van der Waals surface area contributed by atoms with E-state index in [0.29, 0.717) is 48.8 Å². The maximum absolute atomic E-state index is 12.2. The molecule has 2 heterocycles. The van der Waals surface area contributed by atoms with Gasteiger partial charge in [0.05, 0.1) is 0 Å². The fraction of sp³-hybridized carbons (Fsp3) is 0.500. The van der Waals surface area contributed by atoms with E-state index in [1.54, 1.807) is 29.2 Å². The van der Waals surface area contributed by atoms with Gasteiger partial charge in [0.15, 0.2) is 0 Å². The Labute approximate surface area is 191 Å². The minimum absolute atomic E-state index is 0.0495. The molecule has 0 spiro atoms. The molecule has 1 fully saturated rings. The summed E-state index contributed by atoms with van der Waals surface area (Å²) >= 11 is 0. The van der Waals surface area contributed by atoms with Gasteiger partial charge in [-0.15, -0.1) is 0 Å². The molecule has 33 heavy (non-hydrogen) atoms. The lowest BCUT2D eigenvalue weighted by atomic mass is 9.97. The molecule has 1 aliphatic heterocycles. The molecule has 178 valence electrons. The van der Waals surface area contributed by atoms with Crippen LogP contribution in [0.2, 0.25) is 0 Å². The number of nitrogens with one attached hydrogen (secondary N) is 1. The largest absolute Gasteiger partial charge is 0.480 e. The highest BCUT2D eigenvalue weighted by Crippen LogP contribution is 2.29. The number of aromatic nitrogens is 2. The lowest BCUT2D eigenvalue weighted by Gasteiger charge is -2.32. The van der Waals surface area contributed by atoms with E-state index in [4.69, 9.17) is 20.1 Å². The van der Waals surface area contributed by atoms with Crippen LogP contribution in [0.1, 0.15) is 55.8 Å². The number of piperidine rings is 1. The predicted octanol–water partition coefficient (Wildman–Crippen LogP) is 1.99. The zero-order chi connectivity index (χ0) is 24.2. The van der Waals surface area contributed by atoms with Gasteiger partial charge in [0.25, 0.3) is 5.91 Å². The highest BCUT2D eigenvalue weighted by atomic mass is 16.6. The second-order valence-corrected chi connectivity index (χ2v) is 8.93. The number of rotatable bonds is 6. The number of hydrogen-bond donors (Lipinski definition) is 3. The summed E-state index contributed by atoms with van der Waals surface area (Å²) in [4.78, 5) is 41.3. The van der Waals surface area contributed by atoms with Crippen molar-refractivity contribution in [2.75, 3.05) is 19.6 Å². The molecule has 0 bridgehead atoms. The van der Waals surface area contributed by atoms with Crippen molar-refractivity contribution >= 4 is 18.0 Å². The Morgan fingerprint density at radius 2 is 1.88 bits per heavy atom. The lowest BCUT2D eigenvalue weighted by Crippen LogP contribution is -2.42. The van der Waals surface area contributed by atoms with Crippen LogP contribution in [-0.4, -0.2) is 69.4 Å². The second kappa shape index (κ2) is 9.99. The van der Waals surface area contributed by atoms with Crippen LogP contribution in [0.4, 0.5) is 4.79 Å². The summed E-state index contributed by atoms with van der Waals surface area (Å²) in [5, 5.41) is 15.3. The van der Waals surface area contributed by atoms with Gasteiger partial charge in [-0.25, -0.2) is 4.79 Å². The minimum Gasteiger partial charge on any atom is -0.480 e. The normalized spacial score (nSPS) is 15.7. The van der Waals surface area contributed by atoms with Crippen LogP contribution in [0.15, 0.2) is 28.8 Å². The first-order valence-electron chi connectivity index (χ1n) is 10.7. The number of aliphatic carboxylic acids is 1. The average Bonchev–Trinajstić information content (AvgIpc) is 3.26. The number of nitrogens with two attached hydrogens (primary N) is 1. The molecule has 1 aliphatic rings. The van der Waals surface area contributed by atoms with Crippen LogP contribution < -0.4 is 11.1 Å². The quantitative estimate of drug-likeness (QED) is 0.586. The number of benzene rings is 1. The second-order valence-electron chi connectivity index (χ2n) is 8.93. The third-order valence-electron chi connectivity index (χ3n) is 5.14. The summed E-state index contributed by atoms with van der Waals surface area (Å²) in [5.74, 6) is -0.649. The van der Waals surface area contributed by atoms with Crippen molar-refractivity contribution in [1.29, 1.82) is 0 Å². The number of likely N-dealkylation sites (tertiary alicyclic amines) is 1. The first-order valence-corrected chi connectivity index (χ1v) is 10.7. The van der Waals surface area contributed by atoms with Crippen molar-refractivity contribution in [3.63, 3.8) is 0 Å². The standard InChI is InChI=1S/C22H29N5O6/c1-22(2,3)32-21(31)27-10-8-15(9-11-27)19-25-17(26-33-19)13-4-6-14(7-5-13)18(28)24-12-16(23)20(29)30/h4-7,15-16H,8-12,23H2,1-3H3,(H,24,28)(H,29,30)/t16-/m0/s1. The highest BCUT2D eigenvalue weighted by molar-refractivity contribution is 5.94. The predicted molar refractivity (Wildman–Crippen MR) is 117 cm³/mol. The molecule has 2 aromatic rings. The SMILES string of the molecule is CC(C)(C)OC(=O)N1CCC(c2nc(-c3ccc(C(=O)NC[C@H](N)C(=O)O)cc3)no2)CC1. The van der Waals surface area contributed by atoms with Crippen LogP contribution in [-0.2, 0) is 9.53 Å². The molecule has 1 aromatic carbocycles. The number of carbonyl (C=O) groups is 3. The summed E-state index contributed by atoms with van der Waals surface area (Å²) in [6, 6.07) is 5.39. The van der Waals surface area contributed by atoms with Crippen LogP contribution in [0.25, 0.3) is 11.4 Å². The molecule has 0 aliphatic carbocycles. The van der Waals surface area contributed by atoms with Gasteiger partial charge in [-0.3, -0.25) is 9.59 Å². The number of nitrogens with zero attached hydrogens (tertiary/aromatic N) is 3. The Hall–Kier alpha value is -3.47. The summed E-state index contributed by atoms with van der Waals surface area (Å²) in [6.45, 7) is 6.44. The van der Waals surface area contributed by atoms with Crippen LogP contribution in [0, 0.1) is 0 Å². The van der Waals surface area contributed by atoms with Crippen molar-refractivity contribution < 1.29 is 28.8 Å². The van der Waals surface area contributed by atoms with Gasteiger partial charge in [0, 0.05) is 36.7 Å². The average molecular weight is 460 g/mol. The van der Waals surface area contributed by atoms with E-state index in [0.717, 1.165) is 0 Å². The summed E-state index contributed by atoms with van der Waals surface area (Å²) in [6.07, 6.45) is 1.07. The number of carboxylic acids is 1. The molecule has 11 nitrogen and oxygen atoms in total. The van der Waals surface area contributed by atoms with E-state index in [9.17, 15) is 14.4 Å². The Bertz CT molecular complexity index is 989. The molecule has 1 atom stereocenters. The van der Waals surface area contributed by atoms with Crippen molar-refractivity contribution in [2.45, 2.75) is 51.2 Å². The highest BCUT2D eigenvalue weighted by Gasteiger charge is 2.30. The Morgan fingerprint density at radius 1 is 1.24 bits per heavy atom. The van der Waals surface area contributed by atoms with Gasteiger partial charge in [-0.2, -0.15) is 4.98 Å². The maximum atomic E-state index is 12.2. The van der Waals surface area contributed by atoms with Gasteiger partial charge in [-0.1, -0.05) is 17.3 Å². The number of hydrogen-bond acceptors (Lipinski definition) is 8. The van der Waals surface area contributed by atoms with E-state index >= 15 is 0 Å². The van der Waals surface area contributed by atoms with E-state index in [-0.39, 0.29) is 18.6 Å². The molecule has 11 heteroatoms. The van der Waals surface area contributed by atoms with Crippen LogP contribution in [0.5, 0.6) is 0 Å². The molecular weight excluding hydrogens is 430 g/mol. The van der Waals surface area contributed by atoms with Crippen molar-refractivity contribution in [3.05, 3.63) is 35.7 Å². The molecule has 2 amide bonds. The number of carbonyl (C=O) groups excluding carboxylic acids is 2. The van der Waals surface area contributed by atoms with Gasteiger partial charge >= 0.3 is 12.1 Å². The molecule has 1 saturated heterocycles. The van der Waals surface area contributed by atoms with Gasteiger partial charge < -0.3 is 30.3 Å². The van der Waals surface area contributed by atoms with E-state index < -0.39 is 23.5 Å². The van der Waals surface area contributed by atoms with Crippen molar-refractivity contribution in [3.8, 4) is 11.4 Å². The first-order chi connectivity index (χ1) is 15.5. The fourth-order valence-electron chi connectivity index (χ4n) is 3.32. The molecule has 4 N–H and O–H groups in total. The number of carboxylic acid groups (broad SMARTS) is 1. The Kier molecular flexibility index (Phi) is 7.32. The summed E-state index contributed by atoms with van der Waals surface area (Å²) in [7, 11) is 0. The zero-order valence-corrected chi connectivity index (χ0v) is 18.9. The van der Waals surface area contributed by atoms with E-state index in [1.165, 1.54) is 0 Å². The molecule has 0 unspecified atom stereocenters. The van der Waals surface area contributed by atoms with E-state index in [2.05, 4.69) is 15.5 Å². The van der Waals surface area contributed by atoms with Gasteiger partial charge in [-0.05, 0) is 45.7 Å². The molecular formula is C22H29N5O6. The first kappa shape index (κ1) is 24.2. The van der Waals surface area contributed by atoms with Crippen LogP contribution in [0.3, 0.4) is 0 Å². The molecule has 1 aromatic heterocycles. The fourth-order valence-corrected chi connectivity index (χ4v) is 3.32. The number of ether oxygens (including phenoxy) is 1.